The minimum absolute atomic E-state index is 0.269. The number of carbonyl (C=O) groups excluding carboxylic acids is 1. The molecule has 1 fully saturated rings. The molecule has 0 bridgehead atoms. The summed E-state index contributed by atoms with van der Waals surface area (Å²) in [7, 11) is 0. The second-order valence-electron chi connectivity index (χ2n) is 10.3. The van der Waals surface area contributed by atoms with Crippen LogP contribution in [0.15, 0.2) is 109 Å². The summed E-state index contributed by atoms with van der Waals surface area (Å²) in [5, 5.41) is 14.6. The van der Waals surface area contributed by atoms with Crippen molar-refractivity contribution in [2.75, 3.05) is 5.32 Å². The molecule has 4 aromatic carbocycles. The number of rotatable bonds is 8. The second-order valence-corrected chi connectivity index (χ2v) is 10.3. The van der Waals surface area contributed by atoms with E-state index in [1.54, 1.807) is 0 Å². The van der Waals surface area contributed by atoms with E-state index in [9.17, 15) is 9.90 Å². The first-order chi connectivity index (χ1) is 18.0. The maximum Gasteiger partial charge on any atom is 0.195 e. The number of ketones is 1. The standard InChI is InChI=1S/C34H35NO2/c1-34(29-13-7-3-8-14-29,30-15-9-4-10-16-30)35-31-23-21-28(22-24-31)33(37)32(36)27-19-17-26(18-20-27)25-11-5-2-6-12-25/h3-4,7-10,13-25,33,35,37H,2,5-6,11-12H2,1H3. The van der Waals surface area contributed by atoms with Crippen LogP contribution in [0.5, 0.6) is 0 Å². The average Bonchev–Trinajstić information content (AvgIpc) is 2.98. The maximum atomic E-state index is 13.1. The number of carbonyl (C=O) groups is 1. The van der Waals surface area contributed by atoms with Crippen LogP contribution in [0.2, 0.25) is 0 Å². The van der Waals surface area contributed by atoms with Crippen molar-refractivity contribution in [2.24, 2.45) is 0 Å². The van der Waals surface area contributed by atoms with E-state index in [1.165, 1.54) is 37.7 Å². The molecular formula is C34H35NO2. The molecule has 1 unspecified atom stereocenters. The highest BCUT2D eigenvalue weighted by Gasteiger charge is 2.29. The van der Waals surface area contributed by atoms with E-state index in [0.29, 0.717) is 17.0 Å². The molecule has 0 aromatic heterocycles. The maximum absolute atomic E-state index is 13.1. The Hall–Kier alpha value is -3.69. The van der Waals surface area contributed by atoms with Crippen molar-refractivity contribution < 1.29 is 9.90 Å². The van der Waals surface area contributed by atoms with Gasteiger partial charge in [-0.15, -0.1) is 0 Å². The van der Waals surface area contributed by atoms with E-state index in [2.05, 4.69) is 48.6 Å². The Balaban J connectivity index is 1.32. The Labute approximate surface area is 220 Å². The molecule has 3 heteroatoms. The van der Waals surface area contributed by atoms with Gasteiger partial charge in [-0.3, -0.25) is 4.79 Å². The van der Waals surface area contributed by atoms with E-state index >= 15 is 0 Å². The van der Waals surface area contributed by atoms with Crippen molar-refractivity contribution in [3.8, 4) is 0 Å². The van der Waals surface area contributed by atoms with Gasteiger partial charge in [0.25, 0.3) is 0 Å². The predicted molar refractivity (Wildman–Crippen MR) is 151 cm³/mol. The fourth-order valence-corrected chi connectivity index (χ4v) is 5.56. The molecule has 0 radical (unpaired) electrons. The van der Waals surface area contributed by atoms with Crippen LogP contribution in [0.4, 0.5) is 5.69 Å². The summed E-state index contributed by atoms with van der Waals surface area (Å²) in [6.07, 6.45) is 5.15. The lowest BCUT2D eigenvalue weighted by atomic mass is 9.83. The summed E-state index contributed by atoms with van der Waals surface area (Å²) in [5.74, 6) is 0.328. The second kappa shape index (κ2) is 11.1. The van der Waals surface area contributed by atoms with E-state index in [0.717, 1.165) is 16.8 Å². The average molecular weight is 490 g/mol. The summed E-state index contributed by atoms with van der Waals surface area (Å²) < 4.78 is 0. The fourth-order valence-electron chi connectivity index (χ4n) is 5.56. The highest BCUT2D eigenvalue weighted by atomic mass is 16.3. The van der Waals surface area contributed by atoms with Crippen molar-refractivity contribution >= 4 is 11.5 Å². The van der Waals surface area contributed by atoms with E-state index in [1.807, 2.05) is 72.8 Å². The molecule has 37 heavy (non-hydrogen) atoms. The van der Waals surface area contributed by atoms with Gasteiger partial charge in [0.1, 0.15) is 6.10 Å². The molecular weight excluding hydrogens is 454 g/mol. The third-order valence-electron chi connectivity index (χ3n) is 7.84. The highest BCUT2D eigenvalue weighted by molar-refractivity contribution is 5.99. The summed E-state index contributed by atoms with van der Waals surface area (Å²) in [4.78, 5) is 13.1. The third-order valence-corrected chi connectivity index (χ3v) is 7.84. The fraction of sp³-hybridized carbons (Fsp3) is 0.265. The molecule has 0 aliphatic heterocycles. The quantitative estimate of drug-likeness (QED) is 0.246. The van der Waals surface area contributed by atoms with Crippen LogP contribution in [0.25, 0.3) is 0 Å². The van der Waals surface area contributed by atoms with Gasteiger partial charge in [0, 0.05) is 11.3 Å². The summed E-state index contributed by atoms with van der Waals surface area (Å²) in [5.41, 5.74) is 5.22. The van der Waals surface area contributed by atoms with Crippen molar-refractivity contribution in [1.82, 2.24) is 0 Å². The zero-order valence-corrected chi connectivity index (χ0v) is 21.4. The zero-order chi connectivity index (χ0) is 25.7. The molecule has 5 rings (SSSR count). The van der Waals surface area contributed by atoms with Crippen molar-refractivity contribution in [1.29, 1.82) is 0 Å². The number of hydrogen-bond donors (Lipinski definition) is 2. The van der Waals surface area contributed by atoms with Gasteiger partial charge in [0.15, 0.2) is 5.78 Å². The number of anilines is 1. The van der Waals surface area contributed by atoms with E-state index in [-0.39, 0.29) is 5.78 Å². The Morgan fingerprint density at radius 2 is 1.30 bits per heavy atom. The molecule has 4 aromatic rings. The zero-order valence-electron chi connectivity index (χ0n) is 21.4. The summed E-state index contributed by atoms with van der Waals surface area (Å²) in [6, 6.07) is 36.1. The van der Waals surface area contributed by atoms with E-state index < -0.39 is 11.6 Å². The Kier molecular flexibility index (Phi) is 7.52. The molecule has 1 saturated carbocycles. The van der Waals surface area contributed by atoms with Gasteiger partial charge in [0.05, 0.1) is 5.54 Å². The Morgan fingerprint density at radius 3 is 1.84 bits per heavy atom. The Bertz CT molecular complexity index is 1250. The van der Waals surface area contributed by atoms with Crippen LogP contribution < -0.4 is 5.32 Å². The molecule has 1 atom stereocenters. The number of benzene rings is 4. The molecule has 1 aliphatic carbocycles. The first-order valence-corrected chi connectivity index (χ1v) is 13.4. The van der Waals surface area contributed by atoms with Gasteiger partial charge in [-0.25, -0.2) is 0 Å². The normalized spacial score (nSPS) is 15.2. The largest absolute Gasteiger partial charge is 0.380 e. The smallest absolute Gasteiger partial charge is 0.195 e. The molecule has 2 N–H and O–H groups in total. The monoisotopic (exact) mass is 489 g/mol. The number of aliphatic hydroxyl groups excluding tert-OH is 1. The van der Waals surface area contributed by atoms with Crippen molar-refractivity contribution in [2.45, 2.75) is 56.6 Å². The van der Waals surface area contributed by atoms with Gasteiger partial charge in [-0.05, 0) is 60.1 Å². The first-order valence-electron chi connectivity index (χ1n) is 13.4. The highest BCUT2D eigenvalue weighted by Crippen LogP contribution is 2.35. The first kappa shape index (κ1) is 25.0. The van der Waals surface area contributed by atoms with Gasteiger partial charge in [0.2, 0.25) is 0 Å². The lowest BCUT2D eigenvalue weighted by Crippen LogP contribution is -2.33. The summed E-state index contributed by atoms with van der Waals surface area (Å²) in [6.45, 7) is 2.17. The van der Waals surface area contributed by atoms with Crippen LogP contribution in [0.1, 0.15) is 83.7 Å². The van der Waals surface area contributed by atoms with Gasteiger partial charge in [-0.2, -0.15) is 0 Å². The topological polar surface area (TPSA) is 49.3 Å². The SMILES string of the molecule is CC(Nc1ccc(C(O)C(=O)c2ccc(C3CCCCC3)cc2)cc1)(c1ccccc1)c1ccccc1. The van der Waals surface area contributed by atoms with Crippen LogP contribution in [-0.2, 0) is 5.54 Å². The summed E-state index contributed by atoms with van der Waals surface area (Å²) >= 11 is 0. The molecule has 1 aliphatic rings. The minimum atomic E-state index is -1.19. The lowest BCUT2D eigenvalue weighted by molar-refractivity contribution is 0.0747. The Morgan fingerprint density at radius 1 is 0.757 bits per heavy atom. The van der Waals surface area contributed by atoms with Gasteiger partial charge < -0.3 is 10.4 Å². The number of nitrogens with one attached hydrogen (secondary N) is 1. The van der Waals surface area contributed by atoms with E-state index in [4.69, 9.17) is 0 Å². The third kappa shape index (κ3) is 5.52. The molecule has 0 heterocycles. The molecule has 0 amide bonds. The number of aliphatic hydroxyl groups is 1. The van der Waals surface area contributed by atoms with Gasteiger partial charge >= 0.3 is 0 Å². The predicted octanol–water partition coefficient (Wildman–Crippen LogP) is 8.03. The molecule has 0 saturated heterocycles. The van der Waals surface area contributed by atoms with Crippen molar-refractivity contribution in [3.63, 3.8) is 0 Å². The van der Waals surface area contributed by atoms with Crippen LogP contribution in [0.3, 0.4) is 0 Å². The minimum Gasteiger partial charge on any atom is -0.380 e. The van der Waals surface area contributed by atoms with Crippen LogP contribution in [0, 0.1) is 0 Å². The van der Waals surface area contributed by atoms with Crippen LogP contribution in [-0.4, -0.2) is 10.9 Å². The molecule has 3 nitrogen and oxygen atoms in total. The lowest BCUT2D eigenvalue weighted by Gasteiger charge is -2.33. The molecule has 0 spiro atoms. The van der Waals surface area contributed by atoms with Gasteiger partial charge in [-0.1, -0.05) is 116 Å². The molecule has 188 valence electrons. The number of Topliss-reactive ketones (excluding diaryl/α,β-unsaturated/α-hetero) is 1. The van der Waals surface area contributed by atoms with Crippen LogP contribution >= 0.6 is 0 Å². The number of hydrogen-bond acceptors (Lipinski definition) is 3. The van der Waals surface area contributed by atoms with Crippen molar-refractivity contribution in [3.05, 3.63) is 137 Å².